The largest absolute Gasteiger partial charge is 0.392 e. The Balaban J connectivity index is 1.84. The second kappa shape index (κ2) is 5.68. The van der Waals surface area contributed by atoms with Gasteiger partial charge in [-0.1, -0.05) is 30.3 Å². The first-order valence-electron chi connectivity index (χ1n) is 6.55. The Morgan fingerprint density at radius 2 is 2.05 bits per heavy atom. The second-order valence-electron chi connectivity index (χ2n) is 4.73. The van der Waals surface area contributed by atoms with Gasteiger partial charge >= 0.3 is 0 Å². The van der Waals surface area contributed by atoms with Crippen LogP contribution in [0.5, 0.6) is 0 Å². The molecule has 1 heterocycles. The first kappa shape index (κ1) is 12.6. The van der Waals surface area contributed by atoms with Crippen molar-refractivity contribution < 1.29 is 5.11 Å². The highest BCUT2D eigenvalue weighted by Crippen LogP contribution is 2.37. The van der Waals surface area contributed by atoms with Gasteiger partial charge in [0, 0.05) is 16.3 Å². The molecule has 1 aliphatic heterocycles. The first-order chi connectivity index (χ1) is 9.36. The van der Waals surface area contributed by atoms with Crippen molar-refractivity contribution in [1.82, 2.24) is 0 Å². The maximum absolute atomic E-state index is 9.19. The van der Waals surface area contributed by atoms with E-state index >= 15 is 0 Å². The van der Waals surface area contributed by atoms with E-state index in [1.54, 1.807) is 0 Å². The van der Waals surface area contributed by atoms with Gasteiger partial charge in [-0.05, 0) is 35.7 Å². The van der Waals surface area contributed by atoms with Gasteiger partial charge in [-0.3, -0.25) is 0 Å². The third-order valence-corrected chi connectivity index (χ3v) is 4.53. The van der Waals surface area contributed by atoms with Gasteiger partial charge in [-0.2, -0.15) is 0 Å². The summed E-state index contributed by atoms with van der Waals surface area (Å²) in [4.78, 5) is 1.38. The Morgan fingerprint density at radius 1 is 1.16 bits per heavy atom. The van der Waals surface area contributed by atoms with Crippen molar-refractivity contribution in [2.24, 2.45) is 0 Å². The average molecular weight is 271 g/mol. The summed E-state index contributed by atoms with van der Waals surface area (Å²) in [7, 11) is 0. The van der Waals surface area contributed by atoms with Crippen LogP contribution in [-0.4, -0.2) is 10.9 Å². The summed E-state index contributed by atoms with van der Waals surface area (Å²) in [6.45, 7) is 0.0899. The lowest BCUT2D eigenvalue weighted by Crippen LogP contribution is -2.16. The molecule has 0 fully saturated rings. The SMILES string of the molecule is OCc1cccc(NC2CCSc3ccccc32)c1. The van der Waals surface area contributed by atoms with E-state index in [2.05, 4.69) is 35.6 Å². The van der Waals surface area contributed by atoms with Crippen molar-refractivity contribution in [3.63, 3.8) is 0 Å². The van der Waals surface area contributed by atoms with Crippen LogP contribution in [0.15, 0.2) is 53.4 Å². The van der Waals surface area contributed by atoms with E-state index in [0.29, 0.717) is 6.04 Å². The van der Waals surface area contributed by atoms with Crippen LogP contribution >= 0.6 is 11.8 Å². The Hall–Kier alpha value is -1.45. The summed E-state index contributed by atoms with van der Waals surface area (Å²) >= 11 is 1.93. The molecule has 0 saturated carbocycles. The van der Waals surface area contributed by atoms with Crippen LogP contribution in [0.3, 0.4) is 0 Å². The molecular weight excluding hydrogens is 254 g/mol. The van der Waals surface area contributed by atoms with Gasteiger partial charge < -0.3 is 10.4 Å². The zero-order chi connectivity index (χ0) is 13.1. The Bertz CT molecular complexity index is 570. The fourth-order valence-corrected chi connectivity index (χ4v) is 3.58. The van der Waals surface area contributed by atoms with Gasteiger partial charge in [-0.25, -0.2) is 0 Å². The molecule has 0 spiro atoms. The smallest absolute Gasteiger partial charge is 0.0682 e. The highest BCUT2D eigenvalue weighted by atomic mass is 32.2. The Morgan fingerprint density at radius 3 is 2.95 bits per heavy atom. The number of aliphatic hydroxyl groups is 1. The number of aliphatic hydroxyl groups excluding tert-OH is 1. The van der Waals surface area contributed by atoms with E-state index in [0.717, 1.165) is 23.4 Å². The minimum Gasteiger partial charge on any atom is -0.392 e. The molecule has 98 valence electrons. The lowest BCUT2D eigenvalue weighted by molar-refractivity contribution is 0.282. The minimum atomic E-state index is 0.0899. The van der Waals surface area contributed by atoms with Crippen molar-refractivity contribution in [2.45, 2.75) is 24.0 Å². The van der Waals surface area contributed by atoms with Gasteiger partial charge in [0.15, 0.2) is 0 Å². The molecule has 0 aromatic heterocycles. The van der Waals surface area contributed by atoms with Crippen LogP contribution in [0, 0.1) is 0 Å². The predicted octanol–water partition coefficient (Wildman–Crippen LogP) is 3.83. The van der Waals surface area contributed by atoms with Gasteiger partial charge in [0.25, 0.3) is 0 Å². The summed E-state index contributed by atoms with van der Waals surface area (Å²) < 4.78 is 0. The summed E-state index contributed by atoms with van der Waals surface area (Å²) in [5, 5.41) is 12.8. The monoisotopic (exact) mass is 271 g/mol. The molecule has 1 unspecified atom stereocenters. The van der Waals surface area contributed by atoms with Crippen LogP contribution in [0.2, 0.25) is 0 Å². The van der Waals surface area contributed by atoms with E-state index in [1.165, 1.54) is 10.5 Å². The molecule has 0 radical (unpaired) electrons. The summed E-state index contributed by atoms with van der Waals surface area (Å²) in [6, 6.07) is 17.0. The van der Waals surface area contributed by atoms with Gasteiger partial charge in [0.05, 0.1) is 12.6 Å². The molecule has 2 aromatic rings. The number of fused-ring (bicyclic) bond motifs is 1. The summed E-state index contributed by atoms with van der Waals surface area (Å²) in [5.41, 5.74) is 3.41. The van der Waals surface area contributed by atoms with E-state index in [4.69, 9.17) is 0 Å². The van der Waals surface area contributed by atoms with Gasteiger partial charge in [-0.15, -0.1) is 11.8 Å². The Labute approximate surface area is 117 Å². The molecule has 0 amide bonds. The first-order valence-corrected chi connectivity index (χ1v) is 7.53. The number of hydrogen-bond donors (Lipinski definition) is 2. The zero-order valence-electron chi connectivity index (χ0n) is 10.7. The third kappa shape index (κ3) is 2.77. The molecule has 1 aliphatic rings. The van der Waals surface area contributed by atoms with E-state index in [1.807, 2.05) is 30.0 Å². The second-order valence-corrected chi connectivity index (χ2v) is 5.87. The van der Waals surface area contributed by atoms with Crippen molar-refractivity contribution in [1.29, 1.82) is 0 Å². The number of thioether (sulfide) groups is 1. The quantitative estimate of drug-likeness (QED) is 0.890. The standard InChI is InChI=1S/C16H17NOS/c18-11-12-4-3-5-13(10-12)17-15-8-9-19-16-7-2-1-6-14(15)16/h1-7,10,15,17-18H,8-9,11H2. The maximum Gasteiger partial charge on any atom is 0.0682 e. The number of rotatable bonds is 3. The summed E-state index contributed by atoms with van der Waals surface area (Å²) in [5.74, 6) is 1.15. The molecule has 2 nitrogen and oxygen atoms in total. The average Bonchev–Trinajstić information content (AvgIpc) is 2.48. The van der Waals surface area contributed by atoms with E-state index < -0.39 is 0 Å². The lowest BCUT2D eigenvalue weighted by Gasteiger charge is -2.26. The van der Waals surface area contributed by atoms with Crippen molar-refractivity contribution in [3.8, 4) is 0 Å². The molecule has 0 aliphatic carbocycles. The number of nitrogens with one attached hydrogen (secondary N) is 1. The fourth-order valence-electron chi connectivity index (χ4n) is 2.45. The van der Waals surface area contributed by atoms with E-state index in [9.17, 15) is 5.11 Å². The number of benzene rings is 2. The van der Waals surface area contributed by atoms with Crippen LogP contribution in [0.25, 0.3) is 0 Å². The predicted molar refractivity (Wildman–Crippen MR) is 80.5 cm³/mol. The van der Waals surface area contributed by atoms with Crippen LogP contribution in [0.1, 0.15) is 23.6 Å². The van der Waals surface area contributed by atoms with Crippen molar-refractivity contribution in [2.75, 3.05) is 11.1 Å². The Kier molecular flexibility index (Phi) is 3.76. The van der Waals surface area contributed by atoms with Crippen LogP contribution in [0.4, 0.5) is 5.69 Å². The van der Waals surface area contributed by atoms with Gasteiger partial charge in [0.2, 0.25) is 0 Å². The third-order valence-electron chi connectivity index (χ3n) is 3.41. The van der Waals surface area contributed by atoms with E-state index in [-0.39, 0.29) is 6.61 Å². The summed E-state index contributed by atoms with van der Waals surface area (Å²) in [6.07, 6.45) is 1.13. The molecule has 19 heavy (non-hydrogen) atoms. The van der Waals surface area contributed by atoms with Crippen molar-refractivity contribution in [3.05, 3.63) is 59.7 Å². The highest BCUT2D eigenvalue weighted by Gasteiger charge is 2.19. The fraction of sp³-hybridized carbons (Fsp3) is 0.250. The van der Waals surface area contributed by atoms with Crippen LogP contribution < -0.4 is 5.32 Å². The van der Waals surface area contributed by atoms with Crippen molar-refractivity contribution >= 4 is 17.4 Å². The lowest BCUT2D eigenvalue weighted by atomic mass is 10.0. The molecule has 2 aromatic carbocycles. The normalized spacial score (nSPS) is 17.8. The number of anilines is 1. The van der Waals surface area contributed by atoms with Crippen LogP contribution in [-0.2, 0) is 6.61 Å². The molecular formula is C16H17NOS. The zero-order valence-corrected chi connectivity index (χ0v) is 11.5. The number of hydrogen-bond acceptors (Lipinski definition) is 3. The molecule has 0 bridgehead atoms. The molecule has 2 N–H and O–H groups in total. The highest BCUT2D eigenvalue weighted by molar-refractivity contribution is 7.99. The maximum atomic E-state index is 9.19. The molecule has 0 saturated heterocycles. The molecule has 3 rings (SSSR count). The molecule has 3 heteroatoms. The minimum absolute atomic E-state index is 0.0899. The van der Waals surface area contributed by atoms with Gasteiger partial charge in [0.1, 0.15) is 0 Å². The molecule has 1 atom stereocenters. The topological polar surface area (TPSA) is 32.3 Å².